The first-order valence-electron chi connectivity index (χ1n) is 7.83. The van der Waals surface area contributed by atoms with E-state index in [4.69, 9.17) is 4.74 Å². The molecule has 0 spiro atoms. The zero-order chi connectivity index (χ0) is 17.4. The van der Waals surface area contributed by atoms with Gasteiger partial charge in [0.2, 0.25) is 5.91 Å². The van der Waals surface area contributed by atoms with Gasteiger partial charge in [0, 0.05) is 11.4 Å². The van der Waals surface area contributed by atoms with E-state index in [2.05, 4.69) is 5.32 Å². The Balaban J connectivity index is 1.85. The molecule has 0 bridgehead atoms. The Kier molecular flexibility index (Phi) is 6.88. The largest absolute Gasteiger partial charge is 0.462 e. The molecule has 1 atom stereocenters. The van der Waals surface area contributed by atoms with Gasteiger partial charge in [0.15, 0.2) is 0 Å². The Morgan fingerprint density at radius 3 is 2.38 bits per heavy atom. The molecule has 0 radical (unpaired) electrons. The summed E-state index contributed by atoms with van der Waals surface area (Å²) in [5, 5.41) is 2.69. The van der Waals surface area contributed by atoms with Crippen molar-refractivity contribution in [1.29, 1.82) is 0 Å². The van der Waals surface area contributed by atoms with E-state index in [0.29, 0.717) is 17.9 Å². The first-order valence-corrected chi connectivity index (χ1v) is 8.88. The minimum Gasteiger partial charge on any atom is -0.462 e. The number of thioether (sulfide) groups is 1. The van der Waals surface area contributed by atoms with Gasteiger partial charge < -0.3 is 10.1 Å². The van der Waals surface area contributed by atoms with Crippen molar-refractivity contribution in [2.24, 2.45) is 0 Å². The van der Waals surface area contributed by atoms with Crippen molar-refractivity contribution in [2.45, 2.75) is 24.9 Å². The molecule has 126 valence electrons. The average molecular weight is 343 g/mol. The Bertz CT molecular complexity index is 671. The van der Waals surface area contributed by atoms with Crippen LogP contribution in [0.5, 0.6) is 0 Å². The van der Waals surface area contributed by atoms with E-state index in [1.165, 1.54) is 5.56 Å². The molecule has 0 aliphatic heterocycles. The zero-order valence-electron chi connectivity index (χ0n) is 13.8. The second-order valence-corrected chi connectivity index (χ2v) is 6.56. The van der Waals surface area contributed by atoms with Crippen LogP contribution in [0.3, 0.4) is 0 Å². The molecule has 0 fully saturated rings. The van der Waals surface area contributed by atoms with E-state index < -0.39 is 0 Å². The minimum atomic E-state index is -0.359. The van der Waals surface area contributed by atoms with Crippen LogP contribution in [0.15, 0.2) is 54.6 Å². The van der Waals surface area contributed by atoms with E-state index in [-0.39, 0.29) is 17.1 Å². The third kappa shape index (κ3) is 5.42. The van der Waals surface area contributed by atoms with Gasteiger partial charge in [0.1, 0.15) is 0 Å². The van der Waals surface area contributed by atoms with Gasteiger partial charge in [-0.3, -0.25) is 4.79 Å². The molecule has 1 amide bonds. The number of carbonyl (C=O) groups excluding carboxylic acids is 2. The predicted molar refractivity (Wildman–Crippen MR) is 98.2 cm³/mol. The smallest absolute Gasteiger partial charge is 0.338 e. The molecular weight excluding hydrogens is 322 g/mol. The van der Waals surface area contributed by atoms with Gasteiger partial charge in [-0.15, -0.1) is 11.8 Å². The highest BCUT2D eigenvalue weighted by Crippen LogP contribution is 2.19. The molecule has 0 aliphatic carbocycles. The number of anilines is 1. The maximum absolute atomic E-state index is 12.2. The van der Waals surface area contributed by atoms with Crippen LogP contribution in [0.2, 0.25) is 0 Å². The molecule has 2 aromatic carbocycles. The number of nitrogens with one attached hydrogen (secondary N) is 1. The number of ether oxygens (including phenoxy) is 1. The van der Waals surface area contributed by atoms with Gasteiger partial charge in [0.05, 0.1) is 17.4 Å². The fourth-order valence-corrected chi connectivity index (χ4v) is 2.86. The molecule has 1 N–H and O–H groups in total. The Labute approximate surface area is 146 Å². The molecule has 4 nitrogen and oxygen atoms in total. The summed E-state index contributed by atoms with van der Waals surface area (Å²) in [6, 6.07) is 16.8. The fourth-order valence-electron chi connectivity index (χ4n) is 2.02. The lowest BCUT2D eigenvalue weighted by Gasteiger charge is -2.12. The van der Waals surface area contributed by atoms with Crippen LogP contribution in [0.25, 0.3) is 0 Å². The second-order valence-electron chi connectivity index (χ2n) is 5.23. The number of carbonyl (C=O) groups is 2. The van der Waals surface area contributed by atoms with Crippen LogP contribution in [0.1, 0.15) is 29.8 Å². The van der Waals surface area contributed by atoms with Gasteiger partial charge in [-0.25, -0.2) is 4.79 Å². The molecule has 0 saturated carbocycles. The van der Waals surface area contributed by atoms with E-state index in [0.717, 1.165) is 5.75 Å². The molecule has 2 aromatic rings. The van der Waals surface area contributed by atoms with Crippen LogP contribution in [0.4, 0.5) is 5.69 Å². The molecule has 0 heterocycles. The SMILES string of the molecule is CCOC(=O)c1ccc(NC(=O)[C@H](C)SCc2ccccc2)cc1. The molecule has 0 saturated heterocycles. The summed E-state index contributed by atoms with van der Waals surface area (Å²) in [5.41, 5.74) is 2.34. The molecule has 0 aromatic heterocycles. The first kappa shape index (κ1) is 18.1. The highest BCUT2D eigenvalue weighted by molar-refractivity contribution is 7.99. The fraction of sp³-hybridized carbons (Fsp3) is 0.263. The van der Waals surface area contributed by atoms with E-state index in [1.807, 2.05) is 37.3 Å². The number of amides is 1. The van der Waals surface area contributed by atoms with Crippen molar-refractivity contribution in [2.75, 3.05) is 11.9 Å². The highest BCUT2D eigenvalue weighted by atomic mass is 32.2. The summed E-state index contributed by atoms with van der Waals surface area (Å²) in [6.45, 7) is 3.99. The summed E-state index contributed by atoms with van der Waals surface area (Å²) < 4.78 is 4.93. The monoisotopic (exact) mass is 343 g/mol. The molecule has 0 unspecified atom stereocenters. The van der Waals surface area contributed by atoms with Crippen LogP contribution < -0.4 is 5.32 Å². The first-order chi connectivity index (χ1) is 11.6. The summed E-state index contributed by atoms with van der Waals surface area (Å²) >= 11 is 1.59. The molecule has 0 aliphatic rings. The van der Waals surface area contributed by atoms with Crippen molar-refractivity contribution in [3.63, 3.8) is 0 Å². The van der Waals surface area contributed by atoms with Crippen molar-refractivity contribution in [3.8, 4) is 0 Å². The summed E-state index contributed by atoms with van der Waals surface area (Å²) in [5.74, 6) is 0.374. The molecule has 2 rings (SSSR count). The number of hydrogen-bond donors (Lipinski definition) is 1. The van der Waals surface area contributed by atoms with Gasteiger partial charge in [0.25, 0.3) is 0 Å². The molecule has 5 heteroatoms. The molecular formula is C19H21NO3S. The Morgan fingerprint density at radius 1 is 1.08 bits per heavy atom. The summed E-state index contributed by atoms with van der Waals surface area (Å²) in [7, 11) is 0. The average Bonchev–Trinajstić information content (AvgIpc) is 2.61. The minimum absolute atomic E-state index is 0.0557. The van der Waals surface area contributed by atoms with Crippen LogP contribution in [-0.4, -0.2) is 23.7 Å². The zero-order valence-corrected chi connectivity index (χ0v) is 14.6. The van der Waals surface area contributed by atoms with Crippen molar-refractivity contribution < 1.29 is 14.3 Å². The Hall–Kier alpha value is -2.27. The number of hydrogen-bond acceptors (Lipinski definition) is 4. The maximum atomic E-state index is 12.2. The van der Waals surface area contributed by atoms with Gasteiger partial charge >= 0.3 is 5.97 Å². The maximum Gasteiger partial charge on any atom is 0.338 e. The van der Waals surface area contributed by atoms with Gasteiger partial charge in [-0.1, -0.05) is 30.3 Å². The van der Waals surface area contributed by atoms with Crippen LogP contribution >= 0.6 is 11.8 Å². The summed E-state index contributed by atoms with van der Waals surface area (Å²) in [6.07, 6.45) is 0. The van der Waals surface area contributed by atoms with Crippen molar-refractivity contribution >= 4 is 29.3 Å². The topological polar surface area (TPSA) is 55.4 Å². The number of benzene rings is 2. The van der Waals surface area contributed by atoms with Gasteiger partial charge in [-0.2, -0.15) is 0 Å². The second kappa shape index (κ2) is 9.13. The number of esters is 1. The third-order valence-electron chi connectivity index (χ3n) is 3.38. The normalized spacial score (nSPS) is 11.6. The lowest BCUT2D eigenvalue weighted by Crippen LogP contribution is -2.22. The van der Waals surface area contributed by atoms with E-state index in [1.54, 1.807) is 43.0 Å². The highest BCUT2D eigenvalue weighted by Gasteiger charge is 2.14. The lowest BCUT2D eigenvalue weighted by molar-refractivity contribution is -0.115. The van der Waals surface area contributed by atoms with Crippen molar-refractivity contribution in [3.05, 3.63) is 65.7 Å². The molecule has 24 heavy (non-hydrogen) atoms. The third-order valence-corrected chi connectivity index (χ3v) is 4.59. The van der Waals surface area contributed by atoms with Crippen LogP contribution in [0, 0.1) is 0 Å². The van der Waals surface area contributed by atoms with E-state index >= 15 is 0 Å². The predicted octanol–water partition coefficient (Wildman–Crippen LogP) is 4.12. The Morgan fingerprint density at radius 2 is 1.75 bits per heavy atom. The van der Waals surface area contributed by atoms with Crippen molar-refractivity contribution in [1.82, 2.24) is 0 Å². The lowest BCUT2D eigenvalue weighted by atomic mass is 10.2. The van der Waals surface area contributed by atoms with Gasteiger partial charge in [-0.05, 0) is 43.7 Å². The quantitative estimate of drug-likeness (QED) is 0.768. The number of rotatable bonds is 7. The summed E-state index contributed by atoms with van der Waals surface area (Å²) in [4.78, 5) is 23.8. The van der Waals surface area contributed by atoms with Crippen LogP contribution in [-0.2, 0) is 15.3 Å². The standard InChI is InChI=1S/C19H21NO3S/c1-3-23-19(22)16-9-11-17(12-10-16)20-18(21)14(2)24-13-15-7-5-4-6-8-15/h4-12,14H,3,13H2,1-2H3,(H,20,21)/t14-/m0/s1. The van der Waals surface area contributed by atoms with E-state index in [9.17, 15) is 9.59 Å².